The summed E-state index contributed by atoms with van der Waals surface area (Å²) >= 11 is 1.62. The molecular weight excluding hydrogens is 498 g/mol. The maximum absolute atomic E-state index is 14.4. The van der Waals surface area contributed by atoms with E-state index in [4.69, 9.17) is 0 Å². The van der Waals surface area contributed by atoms with E-state index in [9.17, 15) is 19.5 Å². The fraction of sp³-hybridized carbons (Fsp3) is 0.567. The third-order valence-corrected chi connectivity index (χ3v) is 10.5. The topological polar surface area (TPSA) is 81.2 Å². The predicted molar refractivity (Wildman–Crippen MR) is 151 cm³/mol. The lowest BCUT2D eigenvalue weighted by molar-refractivity contribution is -0.144. The van der Waals surface area contributed by atoms with Crippen molar-refractivity contribution in [3.8, 4) is 0 Å². The van der Waals surface area contributed by atoms with Gasteiger partial charge < -0.3 is 19.8 Å². The quantitative estimate of drug-likeness (QED) is 0.405. The maximum Gasteiger partial charge on any atom is 0.247 e. The molecule has 8 heteroatoms. The Morgan fingerprint density at radius 3 is 2.45 bits per heavy atom. The Kier molecular flexibility index (Phi) is 7.48. The molecule has 2 unspecified atom stereocenters. The van der Waals surface area contributed by atoms with Crippen molar-refractivity contribution in [1.29, 1.82) is 0 Å². The van der Waals surface area contributed by atoms with Gasteiger partial charge >= 0.3 is 0 Å². The van der Waals surface area contributed by atoms with Crippen LogP contribution in [0.25, 0.3) is 0 Å². The standard InChI is InChI=1S/C30H39N3O4S/c1-4-12-21(2)31-18-11-16-30-24(27(36)33(17-8-9-20-34)25(30)28(31)37)23-26(35)32(22-13-6-5-7-14-22)19-10-15-29(23,3)38-30/h5-7,10-11,13-16,21,23-25,34H,4,8-9,12,17-20H2,1-3H3/t21?,23-,24-,25?,29+,30-/m0/s1. The molecule has 4 heterocycles. The molecule has 38 heavy (non-hydrogen) atoms. The molecule has 4 aliphatic rings. The summed E-state index contributed by atoms with van der Waals surface area (Å²) in [7, 11) is 0. The third-order valence-electron chi connectivity index (χ3n) is 8.70. The van der Waals surface area contributed by atoms with E-state index in [2.05, 4.69) is 32.9 Å². The largest absolute Gasteiger partial charge is 0.396 e. The van der Waals surface area contributed by atoms with E-state index < -0.39 is 27.4 Å². The van der Waals surface area contributed by atoms with Gasteiger partial charge in [-0.3, -0.25) is 14.4 Å². The van der Waals surface area contributed by atoms with Gasteiger partial charge in [0, 0.05) is 42.7 Å². The number of para-hydroxylation sites is 1. The number of benzene rings is 1. The van der Waals surface area contributed by atoms with Gasteiger partial charge in [-0.15, -0.1) is 11.8 Å². The summed E-state index contributed by atoms with van der Waals surface area (Å²) in [6.07, 6.45) is 11.3. The van der Waals surface area contributed by atoms with E-state index in [0.29, 0.717) is 32.5 Å². The van der Waals surface area contributed by atoms with E-state index in [1.807, 2.05) is 47.4 Å². The number of aliphatic hydroxyl groups is 1. The molecule has 7 nitrogen and oxygen atoms in total. The highest BCUT2D eigenvalue weighted by Crippen LogP contribution is 2.65. The van der Waals surface area contributed by atoms with E-state index in [0.717, 1.165) is 18.5 Å². The molecule has 2 fully saturated rings. The van der Waals surface area contributed by atoms with Crippen molar-refractivity contribution in [1.82, 2.24) is 9.80 Å². The van der Waals surface area contributed by atoms with Crippen molar-refractivity contribution in [2.75, 3.05) is 31.1 Å². The second-order valence-corrected chi connectivity index (χ2v) is 13.0. The van der Waals surface area contributed by atoms with Crippen LogP contribution in [0.15, 0.2) is 54.6 Å². The molecule has 1 spiro atoms. The number of rotatable bonds is 8. The second-order valence-electron chi connectivity index (χ2n) is 11.2. The summed E-state index contributed by atoms with van der Waals surface area (Å²) in [5, 5.41) is 9.41. The number of aliphatic hydroxyl groups excluding tert-OH is 1. The lowest BCUT2D eigenvalue weighted by Crippen LogP contribution is -2.55. The van der Waals surface area contributed by atoms with Crippen LogP contribution in [-0.4, -0.2) is 80.4 Å². The molecule has 6 atom stereocenters. The zero-order valence-corrected chi connectivity index (χ0v) is 23.4. The fourth-order valence-electron chi connectivity index (χ4n) is 6.98. The van der Waals surface area contributed by atoms with Crippen molar-refractivity contribution >= 4 is 35.2 Å². The van der Waals surface area contributed by atoms with Gasteiger partial charge in [-0.25, -0.2) is 0 Å². The molecule has 1 aromatic rings. The normalized spacial score (nSPS) is 33.2. The van der Waals surface area contributed by atoms with Gasteiger partial charge in [0.1, 0.15) is 6.04 Å². The Bertz CT molecular complexity index is 1140. The van der Waals surface area contributed by atoms with Crippen LogP contribution in [0.3, 0.4) is 0 Å². The Hall–Kier alpha value is -2.58. The SMILES string of the molecule is CCCC(C)N1CC=C[C@]23S[C@]4(C)C=CCN(c5ccccc5)C(=O)[C@@H]4[C@H]2C(=O)N(CCCCO)C3C1=O. The Balaban J connectivity index is 1.60. The van der Waals surface area contributed by atoms with Gasteiger partial charge in [-0.2, -0.15) is 0 Å². The van der Waals surface area contributed by atoms with Gasteiger partial charge in [0.25, 0.3) is 0 Å². The average molecular weight is 538 g/mol. The van der Waals surface area contributed by atoms with Crippen molar-refractivity contribution in [2.24, 2.45) is 11.8 Å². The van der Waals surface area contributed by atoms with Crippen LogP contribution in [0.4, 0.5) is 5.69 Å². The average Bonchev–Trinajstić information content (AvgIpc) is 3.15. The van der Waals surface area contributed by atoms with Crippen LogP contribution >= 0.6 is 11.8 Å². The summed E-state index contributed by atoms with van der Waals surface area (Å²) in [5.41, 5.74) is 0.811. The van der Waals surface area contributed by atoms with E-state index in [1.54, 1.807) is 21.6 Å². The molecule has 204 valence electrons. The first kappa shape index (κ1) is 27.0. The summed E-state index contributed by atoms with van der Waals surface area (Å²) in [6.45, 7) is 7.64. The van der Waals surface area contributed by atoms with Crippen molar-refractivity contribution in [2.45, 2.75) is 68.0 Å². The van der Waals surface area contributed by atoms with Gasteiger partial charge in [-0.05, 0) is 45.2 Å². The second kappa shape index (κ2) is 10.5. The fourth-order valence-corrected chi connectivity index (χ4v) is 9.14. The third kappa shape index (κ3) is 4.20. The van der Waals surface area contributed by atoms with E-state index >= 15 is 0 Å². The highest BCUT2D eigenvalue weighted by molar-refractivity contribution is 8.02. The van der Waals surface area contributed by atoms with Crippen LogP contribution in [0.2, 0.25) is 0 Å². The first-order valence-electron chi connectivity index (χ1n) is 13.9. The number of carbonyl (C=O) groups is 3. The van der Waals surface area contributed by atoms with Gasteiger partial charge in [0.2, 0.25) is 17.7 Å². The number of hydrogen-bond donors (Lipinski definition) is 1. The number of likely N-dealkylation sites (tertiary alicyclic amines) is 1. The molecule has 0 saturated carbocycles. The molecule has 1 N–H and O–H groups in total. The highest BCUT2D eigenvalue weighted by Gasteiger charge is 2.73. The predicted octanol–water partition coefficient (Wildman–Crippen LogP) is 3.64. The summed E-state index contributed by atoms with van der Waals surface area (Å²) in [5.74, 6) is -1.45. The number of carbonyl (C=O) groups excluding carboxylic acids is 3. The molecule has 0 radical (unpaired) electrons. The van der Waals surface area contributed by atoms with Crippen molar-refractivity contribution in [3.63, 3.8) is 0 Å². The molecular formula is C30H39N3O4S. The number of fused-ring (bicyclic) bond motifs is 2. The van der Waals surface area contributed by atoms with E-state index in [-0.39, 0.29) is 30.4 Å². The number of anilines is 1. The molecule has 0 aliphatic carbocycles. The monoisotopic (exact) mass is 537 g/mol. The van der Waals surface area contributed by atoms with Gasteiger partial charge in [-0.1, -0.05) is 55.8 Å². The van der Waals surface area contributed by atoms with E-state index in [1.165, 1.54) is 0 Å². The number of thioether (sulfide) groups is 1. The summed E-state index contributed by atoms with van der Waals surface area (Å²) in [4.78, 5) is 48.5. The Morgan fingerprint density at radius 1 is 1.00 bits per heavy atom. The number of amides is 3. The first-order valence-corrected chi connectivity index (χ1v) is 14.7. The first-order chi connectivity index (χ1) is 18.3. The van der Waals surface area contributed by atoms with Crippen molar-refractivity contribution in [3.05, 3.63) is 54.6 Å². The Labute approximate surface area is 229 Å². The molecule has 3 amide bonds. The summed E-state index contributed by atoms with van der Waals surface area (Å²) < 4.78 is -1.45. The number of unbranched alkanes of at least 4 members (excludes halogenated alkanes) is 1. The van der Waals surface area contributed by atoms with Crippen molar-refractivity contribution < 1.29 is 19.5 Å². The number of hydrogen-bond acceptors (Lipinski definition) is 5. The van der Waals surface area contributed by atoms with Crippen LogP contribution in [-0.2, 0) is 14.4 Å². The smallest absolute Gasteiger partial charge is 0.247 e. The summed E-state index contributed by atoms with van der Waals surface area (Å²) in [6, 6.07) is 9.00. The molecule has 4 aliphatic heterocycles. The lowest BCUT2D eigenvalue weighted by atomic mass is 9.74. The minimum Gasteiger partial charge on any atom is -0.396 e. The highest BCUT2D eigenvalue weighted by atomic mass is 32.2. The molecule has 1 aromatic carbocycles. The van der Waals surface area contributed by atoms with Crippen LogP contribution in [0.5, 0.6) is 0 Å². The maximum atomic E-state index is 14.4. The number of nitrogens with zero attached hydrogens (tertiary/aromatic N) is 3. The molecule has 0 aromatic heterocycles. The lowest BCUT2D eigenvalue weighted by Gasteiger charge is -2.38. The zero-order chi connectivity index (χ0) is 27.1. The van der Waals surface area contributed by atoms with Gasteiger partial charge in [0.05, 0.1) is 16.6 Å². The minimum atomic E-state index is -0.826. The van der Waals surface area contributed by atoms with Crippen LogP contribution < -0.4 is 4.90 Å². The van der Waals surface area contributed by atoms with Crippen LogP contribution in [0, 0.1) is 11.8 Å². The Morgan fingerprint density at radius 2 is 1.74 bits per heavy atom. The van der Waals surface area contributed by atoms with Gasteiger partial charge in [0.15, 0.2) is 0 Å². The zero-order valence-electron chi connectivity index (χ0n) is 22.6. The molecule has 2 saturated heterocycles. The molecule has 0 bridgehead atoms. The molecule has 5 rings (SSSR count). The van der Waals surface area contributed by atoms with Crippen LogP contribution in [0.1, 0.15) is 46.5 Å². The minimum absolute atomic E-state index is 0.0281.